The summed E-state index contributed by atoms with van der Waals surface area (Å²) in [4.78, 5) is 12.2. The highest BCUT2D eigenvalue weighted by atomic mass is 16.1. The summed E-state index contributed by atoms with van der Waals surface area (Å²) in [6.07, 6.45) is 3.59. The van der Waals surface area contributed by atoms with Gasteiger partial charge in [0.05, 0.1) is 18.3 Å². The molecule has 4 aromatic rings. The van der Waals surface area contributed by atoms with Crippen LogP contribution in [-0.2, 0) is 6.54 Å². The van der Waals surface area contributed by atoms with E-state index in [9.17, 15) is 4.79 Å². The van der Waals surface area contributed by atoms with Crippen molar-refractivity contribution >= 4 is 16.6 Å². The molecule has 5 heteroatoms. The van der Waals surface area contributed by atoms with E-state index in [-0.39, 0.29) is 5.56 Å². The largest absolute Gasteiger partial charge is 0.398 e. The Labute approximate surface area is 138 Å². The Kier molecular flexibility index (Phi) is 3.39. The number of benzene rings is 2. The van der Waals surface area contributed by atoms with E-state index >= 15 is 0 Å². The van der Waals surface area contributed by atoms with Crippen LogP contribution in [0.4, 0.5) is 5.69 Å². The van der Waals surface area contributed by atoms with Gasteiger partial charge >= 0.3 is 0 Å². The third kappa shape index (κ3) is 2.56. The van der Waals surface area contributed by atoms with Gasteiger partial charge in [0.2, 0.25) is 0 Å². The first-order chi connectivity index (χ1) is 11.7. The maximum atomic E-state index is 12.2. The van der Waals surface area contributed by atoms with Crippen molar-refractivity contribution < 1.29 is 0 Å². The first-order valence-electron chi connectivity index (χ1n) is 7.68. The number of aromatic amines is 1. The van der Waals surface area contributed by atoms with Crippen LogP contribution in [0, 0.1) is 0 Å². The van der Waals surface area contributed by atoms with Gasteiger partial charge in [0.25, 0.3) is 5.56 Å². The molecule has 4 rings (SSSR count). The number of anilines is 1. The van der Waals surface area contributed by atoms with Crippen LogP contribution in [-0.4, -0.2) is 14.8 Å². The summed E-state index contributed by atoms with van der Waals surface area (Å²) in [6.45, 7) is 0.527. The number of H-pyrrole nitrogens is 1. The topological polar surface area (TPSA) is 76.7 Å². The molecular formula is C19H16N4O. The van der Waals surface area contributed by atoms with E-state index in [1.54, 1.807) is 22.9 Å². The number of aromatic nitrogens is 3. The highest BCUT2D eigenvalue weighted by Gasteiger charge is 2.08. The van der Waals surface area contributed by atoms with Gasteiger partial charge in [-0.3, -0.25) is 9.89 Å². The third-order valence-electron chi connectivity index (χ3n) is 4.10. The van der Waals surface area contributed by atoms with E-state index in [4.69, 9.17) is 5.73 Å². The Hall–Kier alpha value is -3.34. The van der Waals surface area contributed by atoms with Crippen LogP contribution >= 0.6 is 0 Å². The lowest BCUT2D eigenvalue weighted by Crippen LogP contribution is -2.19. The molecule has 0 bridgehead atoms. The normalized spacial score (nSPS) is 11.0. The number of rotatable bonds is 3. The minimum Gasteiger partial charge on any atom is -0.398 e. The van der Waals surface area contributed by atoms with Crippen LogP contribution in [0.15, 0.2) is 71.8 Å². The summed E-state index contributed by atoms with van der Waals surface area (Å²) >= 11 is 0. The van der Waals surface area contributed by atoms with E-state index in [1.807, 2.05) is 48.7 Å². The van der Waals surface area contributed by atoms with Crippen LogP contribution in [0.2, 0.25) is 0 Å². The predicted octanol–water partition coefficient (Wildman–Crippen LogP) is 3.02. The maximum absolute atomic E-state index is 12.2. The average Bonchev–Trinajstić information content (AvgIpc) is 3.04. The molecule has 0 saturated carbocycles. The molecule has 118 valence electrons. The van der Waals surface area contributed by atoms with Gasteiger partial charge < -0.3 is 10.3 Å². The predicted molar refractivity (Wildman–Crippen MR) is 95.7 cm³/mol. The SMILES string of the molecule is Nc1cc2cn[nH]c2cc1-c1ccc(=O)n(Cc2ccccc2)c1. The summed E-state index contributed by atoms with van der Waals surface area (Å²) < 4.78 is 1.70. The quantitative estimate of drug-likeness (QED) is 0.570. The Morgan fingerprint density at radius 2 is 1.92 bits per heavy atom. The molecule has 0 radical (unpaired) electrons. The molecule has 0 spiro atoms. The fraction of sp³-hybridized carbons (Fsp3) is 0.0526. The fourth-order valence-corrected chi connectivity index (χ4v) is 2.85. The Balaban J connectivity index is 1.79. The molecule has 0 unspecified atom stereocenters. The van der Waals surface area contributed by atoms with Gasteiger partial charge in [0, 0.05) is 34.5 Å². The number of nitrogens with zero attached hydrogens (tertiary/aromatic N) is 2. The van der Waals surface area contributed by atoms with Gasteiger partial charge in [-0.05, 0) is 23.8 Å². The standard InChI is InChI=1S/C19H16N4O/c20-17-8-15-10-21-22-18(15)9-16(17)14-6-7-19(24)23(12-14)11-13-4-2-1-3-5-13/h1-10,12H,11,20H2,(H,21,22). The number of hydrogen-bond donors (Lipinski definition) is 2. The lowest BCUT2D eigenvalue weighted by Gasteiger charge is -2.10. The van der Waals surface area contributed by atoms with Crippen molar-refractivity contribution in [1.82, 2.24) is 14.8 Å². The highest BCUT2D eigenvalue weighted by Crippen LogP contribution is 2.29. The second-order valence-electron chi connectivity index (χ2n) is 5.77. The summed E-state index contributed by atoms with van der Waals surface area (Å²) in [7, 11) is 0. The van der Waals surface area contributed by atoms with Crippen LogP contribution in [0.1, 0.15) is 5.56 Å². The zero-order chi connectivity index (χ0) is 16.5. The first kappa shape index (κ1) is 14.3. The zero-order valence-electron chi connectivity index (χ0n) is 12.9. The van der Waals surface area contributed by atoms with Gasteiger partial charge in [0.15, 0.2) is 0 Å². The van der Waals surface area contributed by atoms with Crippen molar-refractivity contribution in [3.8, 4) is 11.1 Å². The van der Waals surface area contributed by atoms with E-state index in [0.29, 0.717) is 12.2 Å². The van der Waals surface area contributed by atoms with Gasteiger partial charge in [-0.15, -0.1) is 0 Å². The summed E-state index contributed by atoms with van der Waals surface area (Å²) in [5.41, 5.74) is 10.6. The monoisotopic (exact) mass is 316 g/mol. The van der Waals surface area contributed by atoms with E-state index < -0.39 is 0 Å². The molecule has 2 aromatic heterocycles. The molecular weight excluding hydrogens is 300 g/mol. The molecule has 2 aromatic carbocycles. The van der Waals surface area contributed by atoms with Crippen molar-refractivity contribution in [2.24, 2.45) is 0 Å². The minimum atomic E-state index is -0.0382. The molecule has 0 aliphatic rings. The second kappa shape index (κ2) is 5.70. The average molecular weight is 316 g/mol. The van der Waals surface area contributed by atoms with Crippen LogP contribution in [0.5, 0.6) is 0 Å². The van der Waals surface area contributed by atoms with Gasteiger partial charge in [-0.25, -0.2) is 0 Å². The van der Waals surface area contributed by atoms with Crippen molar-refractivity contribution in [3.05, 3.63) is 82.9 Å². The zero-order valence-corrected chi connectivity index (χ0v) is 12.9. The first-order valence-corrected chi connectivity index (χ1v) is 7.68. The molecule has 0 aliphatic heterocycles. The van der Waals surface area contributed by atoms with E-state index in [1.165, 1.54) is 0 Å². The van der Waals surface area contributed by atoms with Crippen molar-refractivity contribution in [1.29, 1.82) is 0 Å². The van der Waals surface area contributed by atoms with Crippen LogP contribution < -0.4 is 11.3 Å². The third-order valence-corrected chi connectivity index (χ3v) is 4.10. The molecule has 2 heterocycles. The van der Waals surface area contributed by atoms with E-state index in [0.717, 1.165) is 27.6 Å². The molecule has 0 saturated heterocycles. The number of pyridine rings is 1. The fourth-order valence-electron chi connectivity index (χ4n) is 2.85. The van der Waals surface area contributed by atoms with Crippen LogP contribution in [0.3, 0.4) is 0 Å². The van der Waals surface area contributed by atoms with Gasteiger partial charge in [-0.2, -0.15) is 5.10 Å². The molecule has 0 fully saturated rings. The lowest BCUT2D eigenvalue weighted by molar-refractivity contribution is 0.761. The second-order valence-corrected chi connectivity index (χ2v) is 5.77. The maximum Gasteiger partial charge on any atom is 0.250 e. The Bertz CT molecular complexity index is 1060. The van der Waals surface area contributed by atoms with E-state index in [2.05, 4.69) is 10.2 Å². The number of fused-ring (bicyclic) bond motifs is 1. The van der Waals surface area contributed by atoms with Crippen molar-refractivity contribution in [2.45, 2.75) is 6.54 Å². The molecule has 3 N–H and O–H groups in total. The lowest BCUT2D eigenvalue weighted by atomic mass is 10.0. The Morgan fingerprint density at radius 1 is 1.08 bits per heavy atom. The summed E-state index contributed by atoms with van der Waals surface area (Å²) in [6, 6.07) is 17.1. The van der Waals surface area contributed by atoms with Gasteiger partial charge in [0.1, 0.15) is 0 Å². The molecule has 0 aliphatic carbocycles. The van der Waals surface area contributed by atoms with Crippen molar-refractivity contribution in [3.63, 3.8) is 0 Å². The molecule has 5 nitrogen and oxygen atoms in total. The smallest absolute Gasteiger partial charge is 0.250 e. The molecule has 24 heavy (non-hydrogen) atoms. The number of nitrogen functional groups attached to an aromatic ring is 1. The number of nitrogens with one attached hydrogen (secondary N) is 1. The summed E-state index contributed by atoms with van der Waals surface area (Å²) in [5.74, 6) is 0. The number of nitrogens with two attached hydrogens (primary N) is 1. The summed E-state index contributed by atoms with van der Waals surface area (Å²) in [5, 5.41) is 7.94. The van der Waals surface area contributed by atoms with Crippen LogP contribution in [0.25, 0.3) is 22.0 Å². The molecule has 0 atom stereocenters. The minimum absolute atomic E-state index is 0.0382. The highest BCUT2D eigenvalue weighted by molar-refractivity contribution is 5.91. The Morgan fingerprint density at radius 3 is 2.75 bits per heavy atom. The molecule has 0 amide bonds. The van der Waals surface area contributed by atoms with Crippen molar-refractivity contribution in [2.75, 3.05) is 5.73 Å². The number of hydrogen-bond acceptors (Lipinski definition) is 3. The van der Waals surface area contributed by atoms with Gasteiger partial charge in [-0.1, -0.05) is 30.3 Å².